The van der Waals surface area contributed by atoms with Crippen LogP contribution in [0.3, 0.4) is 0 Å². The van der Waals surface area contributed by atoms with Crippen molar-refractivity contribution in [3.05, 3.63) is 30.3 Å². The van der Waals surface area contributed by atoms with Gasteiger partial charge in [-0.1, -0.05) is 24.2 Å². The number of nitrogen functional groups attached to an aromatic ring is 1. The van der Waals surface area contributed by atoms with E-state index in [4.69, 9.17) is 10.5 Å². The number of ether oxygens (including phenoxy) is 1. The summed E-state index contributed by atoms with van der Waals surface area (Å²) in [4.78, 5) is 5.34. The van der Waals surface area contributed by atoms with Crippen molar-refractivity contribution in [2.24, 2.45) is 0 Å². The molecule has 0 amide bonds. The Morgan fingerprint density at radius 3 is 2.79 bits per heavy atom. The Bertz CT molecular complexity index is 1120. The van der Waals surface area contributed by atoms with Gasteiger partial charge in [0.05, 0.1) is 10.2 Å². The van der Waals surface area contributed by atoms with Crippen LogP contribution in [0.1, 0.15) is 38.5 Å². The number of hydrogen-bond donors (Lipinski definition) is 1. The standard InChI is InChI=1S/C19H20N6OS2/c20-18-21-14-8-7-13(11-15(14)28-18)27-19-23-22-16-9-10-17(24-25(16)19)26-12-5-3-1-2-4-6-12/h7-12H,1-6H2,(H2,20,21). The molecule has 0 radical (unpaired) electrons. The predicted molar refractivity (Wildman–Crippen MR) is 111 cm³/mol. The summed E-state index contributed by atoms with van der Waals surface area (Å²) in [7, 11) is 0. The van der Waals surface area contributed by atoms with Crippen LogP contribution in [0, 0.1) is 0 Å². The van der Waals surface area contributed by atoms with Crippen molar-refractivity contribution in [2.75, 3.05) is 5.73 Å². The molecular weight excluding hydrogens is 392 g/mol. The van der Waals surface area contributed by atoms with Gasteiger partial charge < -0.3 is 10.5 Å². The van der Waals surface area contributed by atoms with E-state index in [0.29, 0.717) is 21.8 Å². The van der Waals surface area contributed by atoms with Gasteiger partial charge in [-0.15, -0.1) is 15.3 Å². The van der Waals surface area contributed by atoms with Crippen molar-refractivity contribution in [3.63, 3.8) is 0 Å². The van der Waals surface area contributed by atoms with Crippen molar-refractivity contribution >= 4 is 44.1 Å². The van der Waals surface area contributed by atoms with Crippen LogP contribution in [-0.2, 0) is 0 Å². The predicted octanol–water partition coefficient (Wildman–Crippen LogP) is 4.57. The molecule has 7 nitrogen and oxygen atoms in total. The van der Waals surface area contributed by atoms with Gasteiger partial charge in [0.15, 0.2) is 10.8 Å². The number of nitrogens with two attached hydrogens (primary N) is 1. The van der Waals surface area contributed by atoms with Crippen LogP contribution in [0.4, 0.5) is 5.13 Å². The third kappa shape index (κ3) is 3.64. The molecule has 1 aromatic carbocycles. The zero-order chi connectivity index (χ0) is 18.9. The van der Waals surface area contributed by atoms with Crippen LogP contribution in [-0.4, -0.2) is 30.9 Å². The fourth-order valence-corrected chi connectivity index (χ4v) is 5.18. The maximum atomic E-state index is 6.16. The number of benzene rings is 1. The highest BCUT2D eigenvalue weighted by molar-refractivity contribution is 7.99. The van der Waals surface area contributed by atoms with E-state index < -0.39 is 0 Å². The van der Waals surface area contributed by atoms with E-state index >= 15 is 0 Å². The maximum Gasteiger partial charge on any atom is 0.232 e. The van der Waals surface area contributed by atoms with E-state index in [1.807, 2.05) is 24.3 Å². The molecule has 1 aliphatic rings. The summed E-state index contributed by atoms with van der Waals surface area (Å²) in [5, 5.41) is 14.5. The lowest BCUT2D eigenvalue weighted by atomic mass is 10.1. The summed E-state index contributed by atoms with van der Waals surface area (Å²) >= 11 is 3.00. The molecule has 28 heavy (non-hydrogen) atoms. The molecule has 0 saturated heterocycles. The molecule has 0 bridgehead atoms. The number of nitrogens with zero attached hydrogens (tertiary/aromatic N) is 5. The van der Waals surface area contributed by atoms with Crippen LogP contribution in [0.25, 0.3) is 15.9 Å². The second-order valence-corrected chi connectivity index (χ2v) is 9.04. The second-order valence-electron chi connectivity index (χ2n) is 6.94. The van der Waals surface area contributed by atoms with Crippen molar-refractivity contribution in [3.8, 4) is 5.88 Å². The minimum Gasteiger partial charge on any atom is -0.473 e. The smallest absolute Gasteiger partial charge is 0.232 e. The highest BCUT2D eigenvalue weighted by Gasteiger charge is 2.16. The molecule has 0 unspecified atom stereocenters. The number of thiazole rings is 1. The van der Waals surface area contributed by atoms with Gasteiger partial charge in [0.2, 0.25) is 11.0 Å². The van der Waals surface area contributed by atoms with Crippen LogP contribution in [0.2, 0.25) is 0 Å². The molecule has 4 aromatic rings. The Morgan fingerprint density at radius 2 is 1.93 bits per heavy atom. The molecule has 144 valence electrons. The van der Waals surface area contributed by atoms with E-state index in [9.17, 15) is 0 Å². The molecule has 1 saturated carbocycles. The highest BCUT2D eigenvalue weighted by Crippen LogP contribution is 2.32. The third-order valence-corrected chi connectivity index (χ3v) is 6.66. The zero-order valence-electron chi connectivity index (χ0n) is 15.2. The van der Waals surface area contributed by atoms with Gasteiger partial charge in [-0.2, -0.15) is 4.52 Å². The van der Waals surface area contributed by atoms with Crippen molar-refractivity contribution < 1.29 is 4.74 Å². The number of anilines is 1. The average Bonchev–Trinajstić information content (AvgIpc) is 3.15. The van der Waals surface area contributed by atoms with E-state index in [-0.39, 0.29) is 6.10 Å². The summed E-state index contributed by atoms with van der Waals surface area (Å²) in [5.74, 6) is 0.631. The van der Waals surface area contributed by atoms with Gasteiger partial charge in [0, 0.05) is 11.0 Å². The molecule has 0 atom stereocenters. The molecular formula is C19H20N6OS2. The molecule has 0 spiro atoms. The van der Waals surface area contributed by atoms with E-state index in [1.165, 1.54) is 48.8 Å². The van der Waals surface area contributed by atoms with Gasteiger partial charge in [0.1, 0.15) is 6.10 Å². The van der Waals surface area contributed by atoms with Gasteiger partial charge in [-0.05, 0) is 61.7 Å². The lowest BCUT2D eigenvalue weighted by Crippen LogP contribution is -2.16. The number of aromatic nitrogens is 5. The quantitative estimate of drug-likeness (QED) is 0.491. The Hall–Kier alpha value is -2.39. The Balaban J connectivity index is 1.40. The summed E-state index contributed by atoms with van der Waals surface area (Å²) < 4.78 is 8.97. The molecule has 0 aliphatic heterocycles. The second kappa shape index (κ2) is 7.56. The molecule has 3 aromatic heterocycles. The molecule has 1 aliphatic carbocycles. The first kappa shape index (κ1) is 17.7. The van der Waals surface area contributed by atoms with Crippen molar-refractivity contribution in [1.29, 1.82) is 0 Å². The van der Waals surface area contributed by atoms with Gasteiger partial charge >= 0.3 is 0 Å². The van der Waals surface area contributed by atoms with Crippen molar-refractivity contribution in [1.82, 2.24) is 24.8 Å². The number of rotatable bonds is 4. The monoisotopic (exact) mass is 412 g/mol. The SMILES string of the molecule is Nc1nc2ccc(Sc3nnc4ccc(OC5CCCCCC5)nn34)cc2s1. The fraction of sp³-hybridized carbons (Fsp3) is 0.368. The fourth-order valence-electron chi connectivity index (χ4n) is 3.50. The largest absolute Gasteiger partial charge is 0.473 e. The summed E-state index contributed by atoms with van der Waals surface area (Å²) in [6, 6.07) is 9.85. The van der Waals surface area contributed by atoms with Gasteiger partial charge in [-0.3, -0.25) is 0 Å². The van der Waals surface area contributed by atoms with Gasteiger partial charge in [-0.25, -0.2) is 4.98 Å². The summed E-state index contributed by atoms with van der Waals surface area (Å²) in [5.41, 5.74) is 7.42. The maximum absolute atomic E-state index is 6.16. The molecule has 1 fully saturated rings. The topological polar surface area (TPSA) is 91.2 Å². The molecule has 5 rings (SSSR count). The molecule has 2 N–H and O–H groups in total. The van der Waals surface area contributed by atoms with Crippen LogP contribution in [0.5, 0.6) is 5.88 Å². The lowest BCUT2D eigenvalue weighted by Gasteiger charge is -2.15. The minimum absolute atomic E-state index is 0.249. The molecule has 9 heteroatoms. The zero-order valence-corrected chi connectivity index (χ0v) is 16.9. The Labute approximate surface area is 170 Å². The molecule has 3 heterocycles. The summed E-state index contributed by atoms with van der Waals surface area (Å²) in [6.45, 7) is 0. The first-order chi connectivity index (χ1) is 13.7. The average molecular weight is 413 g/mol. The highest BCUT2D eigenvalue weighted by atomic mass is 32.2. The Morgan fingerprint density at radius 1 is 1.07 bits per heavy atom. The first-order valence-electron chi connectivity index (χ1n) is 9.48. The van der Waals surface area contributed by atoms with E-state index in [1.54, 1.807) is 4.52 Å². The third-order valence-electron chi connectivity index (χ3n) is 4.88. The lowest BCUT2D eigenvalue weighted by molar-refractivity contribution is 0.173. The van der Waals surface area contributed by atoms with Crippen LogP contribution < -0.4 is 10.5 Å². The number of fused-ring (bicyclic) bond motifs is 2. The Kier molecular flexibility index (Phi) is 4.77. The van der Waals surface area contributed by atoms with Crippen molar-refractivity contribution in [2.45, 2.75) is 54.7 Å². The van der Waals surface area contributed by atoms with E-state index in [2.05, 4.69) is 26.3 Å². The number of hydrogen-bond acceptors (Lipinski definition) is 8. The normalized spacial score (nSPS) is 15.9. The first-order valence-corrected chi connectivity index (χ1v) is 11.1. The van der Waals surface area contributed by atoms with Crippen LogP contribution >= 0.6 is 23.1 Å². The van der Waals surface area contributed by atoms with Gasteiger partial charge in [0.25, 0.3) is 0 Å². The minimum atomic E-state index is 0.249. The summed E-state index contributed by atoms with van der Waals surface area (Å²) in [6.07, 6.45) is 7.50. The van der Waals surface area contributed by atoms with Crippen LogP contribution in [0.15, 0.2) is 40.4 Å². The van der Waals surface area contributed by atoms with E-state index in [0.717, 1.165) is 28.0 Å².